The Hall–Kier alpha value is -2.34. The maximum Gasteiger partial charge on any atom is 0.267 e. The van der Waals surface area contributed by atoms with Gasteiger partial charge in [-0.2, -0.15) is 0 Å². The minimum absolute atomic E-state index is 0.366. The predicted molar refractivity (Wildman–Crippen MR) is 115 cm³/mol. The minimum Gasteiger partial charge on any atom is -0.364 e. The van der Waals surface area contributed by atoms with Crippen molar-refractivity contribution in [3.05, 3.63) is 41.1 Å². The van der Waals surface area contributed by atoms with Crippen LogP contribution in [0, 0.1) is 12.8 Å². The van der Waals surface area contributed by atoms with Crippen LogP contribution in [0.15, 0.2) is 35.0 Å². The van der Waals surface area contributed by atoms with Crippen molar-refractivity contribution in [1.29, 1.82) is 0 Å². The molecule has 6 heteroatoms. The van der Waals surface area contributed by atoms with E-state index in [9.17, 15) is 4.79 Å². The number of carbonyl (C=O) groups is 1. The van der Waals surface area contributed by atoms with E-state index in [0.29, 0.717) is 12.2 Å². The largest absolute Gasteiger partial charge is 0.364 e. The molecule has 0 aromatic heterocycles. The lowest BCUT2D eigenvalue weighted by molar-refractivity contribution is -0.114. The Morgan fingerprint density at radius 1 is 1.32 bits per heavy atom. The molecule has 2 N–H and O–H groups in total. The fourth-order valence-corrected chi connectivity index (χ4v) is 3.71. The first-order valence-electron chi connectivity index (χ1n) is 10.2. The first kappa shape index (κ1) is 20.4. The van der Waals surface area contributed by atoms with Gasteiger partial charge in [0.15, 0.2) is 0 Å². The molecule has 1 aromatic carbocycles. The lowest BCUT2D eigenvalue weighted by atomic mass is 10.0. The number of amides is 1. The molecule has 1 saturated carbocycles. The second-order valence-electron chi connectivity index (χ2n) is 8.16. The van der Waals surface area contributed by atoms with Crippen molar-refractivity contribution in [1.82, 2.24) is 9.80 Å². The summed E-state index contributed by atoms with van der Waals surface area (Å²) >= 11 is 0. The lowest BCUT2D eigenvalue weighted by Crippen LogP contribution is -2.48. The highest BCUT2D eigenvalue weighted by atomic mass is 16.1. The van der Waals surface area contributed by atoms with Crippen LogP contribution < -0.4 is 10.6 Å². The van der Waals surface area contributed by atoms with Gasteiger partial charge in [0.25, 0.3) is 5.91 Å². The van der Waals surface area contributed by atoms with Gasteiger partial charge in [-0.25, -0.2) is 4.99 Å². The number of hydrogen-bond donors (Lipinski definition) is 1. The zero-order chi connectivity index (χ0) is 20.3. The highest BCUT2D eigenvalue weighted by Gasteiger charge is 2.30. The molecular formula is C22H33N5O. The number of aliphatic imine (C=N–C) groups is 1. The maximum atomic E-state index is 11.8. The topological polar surface area (TPSA) is 65.2 Å². The SMILES string of the molecule is CCCN(CC1CC1)C1=NC(C(N)=O)=CCN1c1cccc(CN(C)C)c1C. The molecule has 3 rings (SSSR count). The van der Waals surface area contributed by atoms with Crippen molar-refractivity contribution in [2.75, 3.05) is 38.6 Å². The molecule has 1 aliphatic carbocycles. The van der Waals surface area contributed by atoms with Gasteiger partial charge in [0, 0.05) is 31.9 Å². The zero-order valence-corrected chi connectivity index (χ0v) is 17.6. The third kappa shape index (κ3) is 4.73. The van der Waals surface area contributed by atoms with Crippen LogP contribution in [-0.2, 0) is 11.3 Å². The van der Waals surface area contributed by atoms with Crippen LogP contribution >= 0.6 is 0 Å². The van der Waals surface area contributed by atoms with Crippen LogP contribution in [0.4, 0.5) is 5.69 Å². The number of nitrogens with zero attached hydrogens (tertiary/aromatic N) is 4. The molecule has 0 radical (unpaired) electrons. The number of benzene rings is 1. The smallest absolute Gasteiger partial charge is 0.267 e. The zero-order valence-electron chi connectivity index (χ0n) is 17.6. The van der Waals surface area contributed by atoms with Crippen LogP contribution in [0.1, 0.15) is 37.3 Å². The fraction of sp³-hybridized carbons (Fsp3) is 0.545. The molecular weight excluding hydrogens is 350 g/mol. The standard InChI is InChI=1S/C22H33N5O/c1-5-12-26(14-17-9-10-17)22-24-19(21(23)28)11-13-27(22)20-8-6-7-18(16(20)2)15-25(3)4/h6-8,11,17H,5,9-10,12-15H2,1-4H3,(H2,23,28). The van der Waals surface area contributed by atoms with E-state index < -0.39 is 5.91 Å². The number of hydrogen-bond acceptors (Lipinski definition) is 5. The van der Waals surface area contributed by atoms with Gasteiger partial charge in [-0.15, -0.1) is 0 Å². The Kier molecular flexibility index (Phi) is 6.39. The van der Waals surface area contributed by atoms with Crippen LogP contribution in [0.5, 0.6) is 0 Å². The van der Waals surface area contributed by atoms with Gasteiger partial charge >= 0.3 is 0 Å². The first-order valence-corrected chi connectivity index (χ1v) is 10.2. The molecule has 1 aromatic rings. The van der Waals surface area contributed by atoms with Gasteiger partial charge in [-0.1, -0.05) is 19.1 Å². The van der Waals surface area contributed by atoms with E-state index in [1.54, 1.807) is 0 Å². The van der Waals surface area contributed by atoms with Crippen LogP contribution in [0.2, 0.25) is 0 Å². The van der Waals surface area contributed by atoms with Crippen LogP contribution in [0.3, 0.4) is 0 Å². The van der Waals surface area contributed by atoms with E-state index in [4.69, 9.17) is 10.7 Å². The van der Waals surface area contributed by atoms with Crippen molar-refractivity contribution in [2.45, 2.75) is 39.7 Å². The van der Waals surface area contributed by atoms with Crippen LogP contribution in [0.25, 0.3) is 0 Å². The number of guanidine groups is 1. The molecule has 0 unspecified atom stereocenters. The highest BCUT2D eigenvalue weighted by Crippen LogP contribution is 2.32. The van der Waals surface area contributed by atoms with E-state index in [0.717, 1.165) is 43.6 Å². The Bertz CT molecular complexity index is 779. The van der Waals surface area contributed by atoms with Crippen molar-refractivity contribution < 1.29 is 4.79 Å². The molecule has 0 atom stereocenters. The van der Waals surface area contributed by atoms with E-state index in [2.05, 4.69) is 60.8 Å². The second kappa shape index (κ2) is 8.78. The fourth-order valence-electron chi connectivity index (χ4n) is 3.71. The number of anilines is 1. The van der Waals surface area contributed by atoms with Crippen molar-refractivity contribution in [3.8, 4) is 0 Å². The molecule has 152 valence electrons. The summed E-state index contributed by atoms with van der Waals surface area (Å²) in [5, 5.41) is 0. The molecule has 0 spiro atoms. The monoisotopic (exact) mass is 383 g/mol. The number of rotatable bonds is 8. The highest BCUT2D eigenvalue weighted by molar-refractivity contribution is 6.03. The number of carbonyl (C=O) groups excluding carboxylic acids is 1. The van der Waals surface area contributed by atoms with E-state index >= 15 is 0 Å². The van der Waals surface area contributed by atoms with Crippen molar-refractivity contribution in [2.24, 2.45) is 16.6 Å². The van der Waals surface area contributed by atoms with Crippen molar-refractivity contribution >= 4 is 17.6 Å². The summed E-state index contributed by atoms with van der Waals surface area (Å²) in [4.78, 5) is 23.3. The average molecular weight is 384 g/mol. The molecule has 0 saturated heterocycles. The maximum absolute atomic E-state index is 11.8. The summed E-state index contributed by atoms with van der Waals surface area (Å²) in [7, 11) is 4.17. The normalized spacial score (nSPS) is 16.8. The molecule has 2 aliphatic rings. The molecule has 1 amide bonds. The number of primary amides is 1. The Labute approximate surface area is 168 Å². The molecule has 1 fully saturated rings. The quantitative estimate of drug-likeness (QED) is 0.750. The Morgan fingerprint density at radius 2 is 2.07 bits per heavy atom. The third-order valence-electron chi connectivity index (χ3n) is 5.33. The van der Waals surface area contributed by atoms with Crippen molar-refractivity contribution in [3.63, 3.8) is 0 Å². The Balaban J connectivity index is 1.98. The van der Waals surface area contributed by atoms with Gasteiger partial charge in [0.2, 0.25) is 5.96 Å². The third-order valence-corrected chi connectivity index (χ3v) is 5.33. The Morgan fingerprint density at radius 3 is 2.68 bits per heavy atom. The predicted octanol–water partition coefficient (Wildman–Crippen LogP) is 2.72. The van der Waals surface area contributed by atoms with Gasteiger partial charge in [-0.3, -0.25) is 4.79 Å². The lowest BCUT2D eigenvalue weighted by Gasteiger charge is -2.37. The molecule has 28 heavy (non-hydrogen) atoms. The second-order valence-corrected chi connectivity index (χ2v) is 8.16. The van der Waals surface area contributed by atoms with Gasteiger partial charge in [0.1, 0.15) is 5.70 Å². The minimum atomic E-state index is -0.460. The summed E-state index contributed by atoms with van der Waals surface area (Å²) in [6.45, 7) is 7.77. The molecule has 1 heterocycles. The average Bonchev–Trinajstić information content (AvgIpc) is 3.46. The van der Waals surface area contributed by atoms with E-state index in [-0.39, 0.29) is 0 Å². The summed E-state index contributed by atoms with van der Waals surface area (Å²) in [6.07, 6.45) is 5.44. The molecule has 0 bridgehead atoms. The number of nitrogens with two attached hydrogens (primary N) is 1. The summed E-state index contributed by atoms with van der Waals surface area (Å²) in [5.41, 5.74) is 9.62. The summed E-state index contributed by atoms with van der Waals surface area (Å²) < 4.78 is 0. The van der Waals surface area contributed by atoms with E-state index in [1.165, 1.54) is 24.0 Å². The molecule has 6 nitrogen and oxygen atoms in total. The summed E-state index contributed by atoms with van der Waals surface area (Å²) in [6, 6.07) is 6.43. The van der Waals surface area contributed by atoms with Gasteiger partial charge in [-0.05, 0) is 69.5 Å². The van der Waals surface area contributed by atoms with Gasteiger partial charge in [0.05, 0.1) is 0 Å². The molecule has 1 aliphatic heterocycles. The first-order chi connectivity index (χ1) is 13.4. The van der Waals surface area contributed by atoms with Crippen LogP contribution in [-0.4, -0.2) is 55.4 Å². The summed E-state index contributed by atoms with van der Waals surface area (Å²) in [5.74, 6) is 1.13. The van der Waals surface area contributed by atoms with E-state index in [1.807, 2.05) is 6.08 Å². The van der Waals surface area contributed by atoms with Gasteiger partial charge < -0.3 is 20.4 Å².